The van der Waals surface area contributed by atoms with Gasteiger partial charge in [0.25, 0.3) is 5.91 Å². The van der Waals surface area contributed by atoms with E-state index in [9.17, 15) is 9.90 Å². The Morgan fingerprint density at radius 1 is 1.28 bits per heavy atom. The number of fused-ring (bicyclic) bond motifs is 1. The van der Waals surface area contributed by atoms with Crippen LogP contribution in [-0.4, -0.2) is 36.2 Å². The molecule has 132 valence electrons. The third-order valence-corrected chi connectivity index (χ3v) is 4.96. The molecule has 25 heavy (non-hydrogen) atoms. The fourth-order valence-corrected chi connectivity index (χ4v) is 3.66. The molecule has 1 atom stereocenters. The lowest BCUT2D eigenvalue weighted by atomic mass is 10.0. The Kier molecular flexibility index (Phi) is 5.39. The normalized spacial score (nSPS) is 15.7. The molecule has 0 radical (unpaired) electrons. The van der Waals surface area contributed by atoms with Crippen molar-refractivity contribution in [2.75, 3.05) is 20.3 Å². The Hall–Kier alpha value is -2.33. The summed E-state index contributed by atoms with van der Waals surface area (Å²) >= 11 is 0. The van der Waals surface area contributed by atoms with E-state index in [0.29, 0.717) is 18.5 Å². The number of amides is 1. The number of hydrogen-bond acceptors (Lipinski definition) is 3. The van der Waals surface area contributed by atoms with Crippen LogP contribution in [0.25, 0.3) is 0 Å². The van der Waals surface area contributed by atoms with Gasteiger partial charge in [-0.05, 0) is 61.1 Å². The van der Waals surface area contributed by atoms with Crippen molar-refractivity contribution in [3.63, 3.8) is 0 Å². The molecule has 0 unspecified atom stereocenters. The van der Waals surface area contributed by atoms with Crippen LogP contribution < -0.4 is 4.74 Å². The topological polar surface area (TPSA) is 49.8 Å². The standard InChI is InChI=1S/C21H25NO3/c1-15-14-17(25-2)9-10-18(15)21(24)22(12-5-13-23)20-11-8-16-6-3-4-7-19(16)20/h3-4,6-7,9-10,14,20,23H,5,8,11-13H2,1-2H3/t20-/m1/s1. The van der Waals surface area contributed by atoms with Crippen molar-refractivity contribution in [2.45, 2.75) is 32.2 Å². The summed E-state index contributed by atoms with van der Waals surface area (Å²) in [5, 5.41) is 9.27. The number of aryl methyl sites for hydroxylation is 2. The number of aliphatic hydroxyl groups excluding tert-OH is 1. The smallest absolute Gasteiger partial charge is 0.254 e. The fourth-order valence-electron chi connectivity index (χ4n) is 3.66. The van der Waals surface area contributed by atoms with E-state index in [1.54, 1.807) is 7.11 Å². The third-order valence-electron chi connectivity index (χ3n) is 4.96. The highest BCUT2D eigenvalue weighted by Gasteiger charge is 2.31. The summed E-state index contributed by atoms with van der Waals surface area (Å²) < 4.78 is 5.24. The van der Waals surface area contributed by atoms with Crippen LogP contribution in [-0.2, 0) is 6.42 Å². The number of nitrogens with zero attached hydrogens (tertiary/aromatic N) is 1. The van der Waals surface area contributed by atoms with Crippen molar-refractivity contribution >= 4 is 5.91 Å². The largest absolute Gasteiger partial charge is 0.497 e. The molecule has 0 aliphatic heterocycles. The first-order chi connectivity index (χ1) is 12.2. The highest BCUT2D eigenvalue weighted by molar-refractivity contribution is 5.96. The number of carbonyl (C=O) groups excluding carboxylic acids is 1. The maximum Gasteiger partial charge on any atom is 0.254 e. The molecule has 0 aromatic heterocycles. The highest BCUT2D eigenvalue weighted by Crippen LogP contribution is 2.36. The van der Waals surface area contributed by atoms with Crippen molar-refractivity contribution in [3.05, 3.63) is 64.7 Å². The quantitative estimate of drug-likeness (QED) is 0.876. The SMILES string of the molecule is COc1ccc(C(=O)N(CCCO)[C@@H]2CCc3ccccc32)c(C)c1. The van der Waals surface area contributed by atoms with Gasteiger partial charge in [0, 0.05) is 18.7 Å². The molecule has 0 spiro atoms. The predicted molar refractivity (Wildman–Crippen MR) is 98.0 cm³/mol. The molecular formula is C21H25NO3. The Balaban J connectivity index is 1.92. The number of rotatable bonds is 6. The van der Waals surface area contributed by atoms with Gasteiger partial charge < -0.3 is 14.7 Å². The Labute approximate surface area is 149 Å². The first-order valence-corrected chi connectivity index (χ1v) is 8.80. The van der Waals surface area contributed by atoms with E-state index in [1.807, 2.05) is 36.1 Å². The molecule has 0 heterocycles. The lowest BCUT2D eigenvalue weighted by Crippen LogP contribution is -2.35. The maximum absolute atomic E-state index is 13.3. The van der Waals surface area contributed by atoms with Crippen LogP contribution in [0.3, 0.4) is 0 Å². The molecule has 0 saturated heterocycles. The maximum atomic E-state index is 13.3. The second kappa shape index (κ2) is 7.70. The monoisotopic (exact) mass is 339 g/mol. The molecule has 3 rings (SSSR count). The minimum atomic E-state index is 0.0234. The molecule has 1 N–H and O–H groups in total. The summed E-state index contributed by atoms with van der Waals surface area (Å²) in [6.07, 6.45) is 2.51. The zero-order valence-corrected chi connectivity index (χ0v) is 14.9. The molecule has 1 aliphatic rings. The highest BCUT2D eigenvalue weighted by atomic mass is 16.5. The lowest BCUT2D eigenvalue weighted by molar-refractivity contribution is 0.0661. The van der Waals surface area contributed by atoms with E-state index >= 15 is 0 Å². The first kappa shape index (κ1) is 17.5. The van der Waals surface area contributed by atoms with Crippen molar-refractivity contribution in [3.8, 4) is 5.75 Å². The van der Waals surface area contributed by atoms with Crippen LogP contribution >= 0.6 is 0 Å². The Morgan fingerprint density at radius 2 is 2.08 bits per heavy atom. The average molecular weight is 339 g/mol. The van der Waals surface area contributed by atoms with Crippen LogP contribution in [0.15, 0.2) is 42.5 Å². The Morgan fingerprint density at radius 3 is 2.80 bits per heavy atom. The fraction of sp³-hybridized carbons (Fsp3) is 0.381. The zero-order chi connectivity index (χ0) is 17.8. The molecule has 4 nitrogen and oxygen atoms in total. The van der Waals surface area contributed by atoms with Gasteiger partial charge in [0.2, 0.25) is 0 Å². The predicted octanol–water partition coefficient (Wildman–Crippen LogP) is 3.52. The van der Waals surface area contributed by atoms with Crippen LogP contribution in [0.5, 0.6) is 5.75 Å². The van der Waals surface area contributed by atoms with Gasteiger partial charge in [-0.3, -0.25) is 4.79 Å². The van der Waals surface area contributed by atoms with E-state index < -0.39 is 0 Å². The molecule has 4 heteroatoms. The van der Waals surface area contributed by atoms with Crippen molar-refractivity contribution in [1.82, 2.24) is 4.90 Å². The van der Waals surface area contributed by atoms with E-state index in [4.69, 9.17) is 4.74 Å². The van der Waals surface area contributed by atoms with E-state index in [0.717, 1.165) is 24.2 Å². The minimum Gasteiger partial charge on any atom is -0.497 e. The van der Waals surface area contributed by atoms with Gasteiger partial charge in [0.05, 0.1) is 13.2 Å². The summed E-state index contributed by atoms with van der Waals surface area (Å²) in [7, 11) is 1.62. The zero-order valence-electron chi connectivity index (χ0n) is 14.9. The Bertz CT molecular complexity index is 757. The van der Waals surface area contributed by atoms with E-state index in [2.05, 4.69) is 18.2 Å². The number of benzene rings is 2. The number of methoxy groups -OCH3 is 1. The van der Waals surface area contributed by atoms with Gasteiger partial charge in [-0.1, -0.05) is 24.3 Å². The van der Waals surface area contributed by atoms with Gasteiger partial charge >= 0.3 is 0 Å². The number of hydrogen-bond donors (Lipinski definition) is 1. The van der Waals surface area contributed by atoms with Crippen LogP contribution in [0.4, 0.5) is 0 Å². The lowest BCUT2D eigenvalue weighted by Gasteiger charge is -2.30. The van der Waals surface area contributed by atoms with Crippen LogP contribution in [0.2, 0.25) is 0 Å². The van der Waals surface area contributed by atoms with Crippen molar-refractivity contribution in [2.24, 2.45) is 0 Å². The number of aliphatic hydroxyl groups is 1. The van der Waals surface area contributed by atoms with Crippen LogP contribution in [0, 0.1) is 6.92 Å². The minimum absolute atomic E-state index is 0.0234. The van der Waals surface area contributed by atoms with Crippen molar-refractivity contribution in [1.29, 1.82) is 0 Å². The average Bonchev–Trinajstić information content (AvgIpc) is 3.06. The van der Waals surface area contributed by atoms with Gasteiger partial charge in [-0.15, -0.1) is 0 Å². The molecule has 0 bridgehead atoms. The summed E-state index contributed by atoms with van der Waals surface area (Å²) in [6.45, 7) is 2.57. The molecular weight excluding hydrogens is 314 g/mol. The van der Waals surface area contributed by atoms with E-state index in [1.165, 1.54) is 11.1 Å². The summed E-state index contributed by atoms with van der Waals surface area (Å²) in [5.41, 5.74) is 4.16. The molecule has 2 aromatic carbocycles. The molecule has 1 aliphatic carbocycles. The first-order valence-electron chi connectivity index (χ1n) is 8.80. The van der Waals surface area contributed by atoms with Gasteiger partial charge in [-0.25, -0.2) is 0 Å². The van der Waals surface area contributed by atoms with Crippen molar-refractivity contribution < 1.29 is 14.6 Å². The molecule has 1 amide bonds. The molecule has 2 aromatic rings. The van der Waals surface area contributed by atoms with E-state index in [-0.39, 0.29) is 18.6 Å². The number of ether oxygens (including phenoxy) is 1. The number of carbonyl (C=O) groups is 1. The second-order valence-corrected chi connectivity index (χ2v) is 6.51. The summed E-state index contributed by atoms with van der Waals surface area (Å²) in [4.78, 5) is 15.2. The van der Waals surface area contributed by atoms with Crippen LogP contribution in [0.1, 0.15) is 45.9 Å². The van der Waals surface area contributed by atoms with Gasteiger partial charge in [0.15, 0.2) is 0 Å². The summed E-state index contributed by atoms with van der Waals surface area (Å²) in [6, 6.07) is 14.0. The second-order valence-electron chi connectivity index (χ2n) is 6.51. The molecule has 0 fully saturated rings. The third kappa shape index (κ3) is 3.54. The van der Waals surface area contributed by atoms with Gasteiger partial charge in [-0.2, -0.15) is 0 Å². The van der Waals surface area contributed by atoms with Gasteiger partial charge in [0.1, 0.15) is 5.75 Å². The molecule has 0 saturated carbocycles. The summed E-state index contributed by atoms with van der Waals surface area (Å²) in [5.74, 6) is 0.775.